The summed E-state index contributed by atoms with van der Waals surface area (Å²) in [5.41, 5.74) is 10.3. The molecular formula is C35H45BrN4O6. The Hall–Kier alpha value is -3.77. The number of hydrogen-bond donors (Lipinski definition) is 5. The lowest BCUT2D eigenvalue weighted by molar-refractivity contribution is -0.138. The van der Waals surface area contributed by atoms with Crippen LogP contribution >= 0.6 is 15.9 Å². The molecule has 0 saturated carbocycles. The van der Waals surface area contributed by atoms with Crippen molar-refractivity contribution in [2.24, 2.45) is 11.1 Å². The molecule has 0 saturated heterocycles. The number of nitrogens with zero attached hydrogens (tertiary/aromatic N) is 1. The number of halogens is 1. The van der Waals surface area contributed by atoms with Gasteiger partial charge in [-0.05, 0) is 52.6 Å². The van der Waals surface area contributed by atoms with Crippen molar-refractivity contribution in [2.75, 3.05) is 13.7 Å². The first-order valence-electron chi connectivity index (χ1n) is 15.2. The van der Waals surface area contributed by atoms with Crippen molar-refractivity contribution in [3.05, 3.63) is 106 Å². The Morgan fingerprint density at radius 3 is 2.04 bits per heavy atom. The van der Waals surface area contributed by atoms with Crippen LogP contribution in [0, 0.1) is 5.41 Å². The summed E-state index contributed by atoms with van der Waals surface area (Å²) in [6.07, 6.45) is 0.843. The standard InChI is InChI=1S/C26H35BrN4O5.C9H10O/c1-25(2,3)21(29-24(34)36-4)22(32)30-31(17-19-10-12-20(27)13-11-19)15-14-26(35,23(28)33)16-18-8-6-5-7-9-18;10-9-5-7-3-1-2-4-8(7)6-9/h5-13,21,35H,14-17H2,1-4H3,(H2,28,33)(H,29,34)(H,30,32);1-4,9-10H,5-6H2/t21?,26-;/m0./s1. The zero-order valence-corrected chi connectivity index (χ0v) is 28.4. The Kier molecular flexibility index (Phi) is 13.3. The van der Waals surface area contributed by atoms with Gasteiger partial charge in [-0.25, -0.2) is 9.80 Å². The molecule has 0 bridgehead atoms. The molecule has 2 atom stereocenters. The molecule has 4 rings (SSSR count). The summed E-state index contributed by atoms with van der Waals surface area (Å²) in [4.78, 5) is 37.4. The normalized spacial score (nSPS) is 14.7. The molecule has 1 aliphatic carbocycles. The number of amides is 3. The number of primary amides is 1. The van der Waals surface area contributed by atoms with Crippen LogP contribution in [0.3, 0.4) is 0 Å². The highest BCUT2D eigenvalue weighted by Crippen LogP contribution is 2.23. The van der Waals surface area contributed by atoms with Gasteiger partial charge in [-0.2, -0.15) is 0 Å². The number of ether oxygens (including phenoxy) is 1. The zero-order chi connectivity index (χ0) is 33.9. The van der Waals surface area contributed by atoms with E-state index in [0.29, 0.717) is 0 Å². The number of methoxy groups -OCH3 is 1. The van der Waals surface area contributed by atoms with Crippen LogP contribution in [0.15, 0.2) is 83.3 Å². The van der Waals surface area contributed by atoms with Crippen LogP contribution in [0.1, 0.15) is 49.4 Å². The third kappa shape index (κ3) is 11.2. The molecule has 3 amide bonds. The second-order valence-electron chi connectivity index (χ2n) is 12.6. The maximum absolute atomic E-state index is 13.3. The first-order chi connectivity index (χ1) is 21.7. The second-order valence-corrected chi connectivity index (χ2v) is 13.5. The Bertz CT molecular complexity index is 1420. The summed E-state index contributed by atoms with van der Waals surface area (Å²) in [6.45, 7) is 5.85. The van der Waals surface area contributed by atoms with E-state index in [-0.39, 0.29) is 32.0 Å². The van der Waals surface area contributed by atoms with Crippen molar-refractivity contribution in [1.29, 1.82) is 0 Å². The van der Waals surface area contributed by atoms with Crippen LogP contribution in [-0.2, 0) is 40.1 Å². The lowest BCUT2D eigenvalue weighted by Gasteiger charge is -2.34. The number of fused-ring (bicyclic) bond motifs is 1. The fraction of sp³-hybridized carbons (Fsp3) is 0.400. The SMILES string of the molecule is COC(=O)NC(C(=O)NN(CC[C@](O)(Cc1ccccc1)C(N)=O)Cc1ccc(Br)cc1)C(C)(C)C.OC1Cc2ccccc2C1. The lowest BCUT2D eigenvalue weighted by Crippen LogP contribution is -2.58. The quantitative estimate of drug-likeness (QED) is 0.190. The molecule has 1 aliphatic rings. The van der Waals surface area contributed by atoms with E-state index in [4.69, 9.17) is 5.73 Å². The maximum atomic E-state index is 13.3. The van der Waals surface area contributed by atoms with E-state index in [1.807, 2.05) is 87.5 Å². The van der Waals surface area contributed by atoms with Crippen LogP contribution in [0.4, 0.5) is 4.79 Å². The van der Waals surface area contributed by atoms with Gasteiger partial charge in [0.2, 0.25) is 5.91 Å². The van der Waals surface area contributed by atoms with Crippen molar-refractivity contribution in [2.45, 2.75) is 70.7 Å². The average Bonchev–Trinajstić information content (AvgIpc) is 3.40. The molecule has 6 N–H and O–H groups in total. The van der Waals surface area contributed by atoms with Gasteiger partial charge in [0, 0.05) is 30.4 Å². The van der Waals surface area contributed by atoms with Crippen molar-refractivity contribution in [3.63, 3.8) is 0 Å². The fourth-order valence-electron chi connectivity index (χ4n) is 5.14. The molecule has 0 aliphatic heterocycles. The van der Waals surface area contributed by atoms with Crippen molar-refractivity contribution < 1.29 is 29.3 Å². The van der Waals surface area contributed by atoms with Gasteiger partial charge in [0.25, 0.3) is 5.91 Å². The van der Waals surface area contributed by atoms with E-state index in [1.54, 1.807) is 5.01 Å². The number of carbonyl (C=O) groups excluding carboxylic acids is 3. The smallest absolute Gasteiger partial charge is 0.407 e. The summed E-state index contributed by atoms with van der Waals surface area (Å²) in [5.74, 6) is -1.31. The van der Waals surface area contributed by atoms with Gasteiger partial charge < -0.3 is 26.0 Å². The van der Waals surface area contributed by atoms with E-state index >= 15 is 0 Å². The van der Waals surface area contributed by atoms with Gasteiger partial charge in [0.05, 0.1) is 13.2 Å². The summed E-state index contributed by atoms with van der Waals surface area (Å²) < 4.78 is 5.59. The lowest BCUT2D eigenvalue weighted by atomic mass is 9.86. The first kappa shape index (κ1) is 36.7. The summed E-state index contributed by atoms with van der Waals surface area (Å²) in [5, 5.41) is 24.5. The third-order valence-electron chi connectivity index (χ3n) is 7.75. The molecule has 0 spiro atoms. The number of rotatable bonds is 11. The summed E-state index contributed by atoms with van der Waals surface area (Å²) in [6, 6.07) is 23.9. The zero-order valence-electron chi connectivity index (χ0n) is 26.8. The van der Waals surface area contributed by atoms with Gasteiger partial charge in [0.1, 0.15) is 11.6 Å². The Labute approximate surface area is 279 Å². The largest absolute Gasteiger partial charge is 0.453 e. The minimum atomic E-state index is -1.82. The van der Waals surface area contributed by atoms with Crippen LogP contribution in [0.2, 0.25) is 0 Å². The molecule has 11 heteroatoms. The number of carbonyl (C=O) groups is 3. The highest BCUT2D eigenvalue weighted by Gasteiger charge is 2.37. The first-order valence-corrected chi connectivity index (χ1v) is 15.9. The number of aliphatic hydroxyl groups excluding tert-OH is 1. The average molecular weight is 698 g/mol. The summed E-state index contributed by atoms with van der Waals surface area (Å²) in [7, 11) is 1.23. The van der Waals surface area contributed by atoms with Crippen molar-refractivity contribution in [1.82, 2.24) is 15.8 Å². The number of alkyl carbamates (subject to hydrolysis) is 1. The van der Waals surface area contributed by atoms with E-state index in [9.17, 15) is 24.6 Å². The molecule has 0 aromatic heterocycles. The molecule has 46 heavy (non-hydrogen) atoms. The molecule has 10 nitrogen and oxygen atoms in total. The van der Waals surface area contributed by atoms with Gasteiger partial charge in [-0.15, -0.1) is 0 Å². The van der Waals surface area contributed by atoms with E-state index in [1.165, 1.54) is 18.2 Å². The van der Waals surface area contributed by atoms with Crippen LogP contribution in [0.5, 0.6) is 0 Å². The molecule has 0 fully saturated rings. The predicted molar refractivity (Wildman–Crippen MR) is 180 cm³/mol. The maximum Gasteiger partial charge on any atom is 0.407 e. The number of nitrogens with two attached hydrogens (primary N) is 1. The van der Waals surface area contributed by atoms with Crippen LogP contribution < -0.4 is 16.5 Å². The molecule has 3 aromatic carbocycles. The molecule has 1 unspecified atom stereocenters. The number of hydrogen-bond acceptors (Lipinski definition) is 7. The highest BCUT2D eigenvalue weighted by molar-refractivity contribution is 9.10. The predicted octanol–water partition coefficient (Wildman–Crippen LogP) is 4.05. The van der Waals surface area contributed by atoms with E-state index < -0.39 is 35.0 Å². The van der Waals surface area contributed by atoms with Gasteiger partial charge >= 0.3 is 6.09 Å². The van der Waals surface area contributed by atoms with Gasteiger partial charge in [0.15, 0.2) is 0 Å². The number of benzene rings is 3. The minimum Gasteiger partial charge on any atom is -0.453 e. The van der Waals surface area contributed by atoms with Crippen LogP contribution in [-0.4, -0.2) is 64.5 Å². The van der Waals surface area contributed by atoms with Crippen LogP contribution in [0.25, 0.3) is 0 Å². The monoisotopic (exact) mass is 696 g/mol. The Morgan fingerprint density at radius 1 is 0.957 bits per heavy atom. The van der Waals surface area contributed by atoms with Crippen molar-refractivity contribution >= 4 is 33.8 Å². The molecule has 248 valence electrons. The number of nitrogens with one attached hydrogen (secondary N) is 2. The molecular weight excluding hydrogens is 652 g/mol. The van der Waals surface area contributed by atoms with E-state index in [2.05, 4.69) is 43.5 Å². The number of aliphatic hydroxyl groups is 2. The Balaban J connectivity index is 0.000000481. The van der Waals surface area contributed by atoms with E-state index in [0.717, 1.165) is 28.4 Å². The van der Waals surface area contributed by atoms with Crippen molar-refractivity contribution in [3.8, 4) is 0 Å². The number of hydrazine groups is 1. The van der Waals surface area contributed by atoms with Gasteiger partial charge in [-0.1, -0.05) is 103 Å². The molecule has 0 heterocycles. The summed E-state index contributed by atoms with van der Waals surface area (Å²) >= 11 is 3.41. The molecule has 0 radical (unpaired) electrons. The van der Waals surface area contributed by atoms with Gasteiger partial charge in [-0.3, -0.25) is 15.0 Å². The fourth-order valence-corrected chi connectivity index (χ4v) is 5.41. The minimum absolute atomic E-state index is 0.0291. The highest BCUT2D eigenvalue weighted by atomic mass is 79.9. The second kappa shape index (κ2) is 16.7. The topological polar surface area (TPSA) is 154 Å². The molecule has 3 aromatic rings. The Morgan fingerprint density at radius 2 is 1.52 bits per heavy atom. The third-order valence-corrected chi connectivity index (χ3v) is 8.28.